The number of esters is 1. The molecule has 0 aliphatic heterocycles. The number of carbonyl (C=O) groups excluding carboxylic acids is 1. The van der Waals surface area contributed by atoms with E-state index >= 15 is 0 Å². The van der Waals surface area contributed by atoms with Gasteiger partial charge in [-0.25, -0.2) is 9.78 Å². The zero-order chi connectivity index (χ0) is 14.6. The number of ether oxygens (including phenoxy) is 3. The van der Waals surface area contributed by atoms with E-state index in [0.29, 0.717) is 0 Å². The molecule has 0 amide bonds. The average molecular weight is 344 g/mol. The van der Waals surface area contributed by atoms with Gasteiger partial charge < -0.3 is 14.2 Å². The Bertz CT molecular complexity index is 479. The number of aromatic nitrogens is 1. The zero-order valence-electron chi connectivity index (χ0n) is 9.88. The maximum Gasteiger partial charge on any atom is 0.574 e. The van der Waals surface area contributed by atoms with Crippen molar-refractivity contribution >= 4 is 21.9 Å². The summed E-state index contributed by atoms with van der Waals surface area (Å²) in [6, 6.07) is 1.17. The smallest absolute Gasteiger partial charge is 0.496 e. The molecule has 0 atom stereocenters. The van der Waals surface area contributed by atoms with Gasteiger partial charge in [-0.3, -0.25) is 0 Å². The molecule has 0 bridgehead atoms. The summed E-state index contributed by atoms with van der Waals surface area (Å²) in [6.45, 7) is 0. The molecule has 0 N–H and O–H groups in total. The van der Waals surface area contributed by atoms with Gasteiger partial charge in [0, 0.05) is 11.4 Å². The number of methoxy groups -OCH3 is 2. The number of hydrogen-bond donors (Lipinski definition) is 0. The minimum atomic E-state index is -4.93. The number of alkyl halides is 4. The Morgan fingerprint density at radius 1 is 1.42 bits per heavy atom. The molecule has 0 saturated carbocycles. The van der Waals surface area contributed by atoms with Gasteiger partial charge in [0.1, 0.15) is 5.75 Å². The predicted octanol–water partition coefficient (Wildman–Crippen LogP) is 2.67. The van der Waals surface area contributed by atoms with E-state index < -0.39 is 18.2 Å². The highest BCUT2D eigenvalue weighted by Crippen LogP contribution is 2.33. The van der Waals surface area contributed by atoms with Crippen LogP contribution in [0.15, 0.2) is 6.07 Å². The van der Waals surface area contributed by atoms with Crippen LogP contribution < -0.4 is 9.47 Å². The van der Waals surface area contributed by atoms with E-state index in [1.807, 2.05) is 0 Å². The van der Waals surface area contributed by atoms with Crippen LogP contribution in [0.25, 0.3) is 0 Å². The Balaban J connectivity index is 3.35. The van der Waals surface area contributed by atoms with Crippen molar-refractivity contribution in [1.29, 1.82) is 0 Å². The fraction of sp³-hybridized carbons (Fsp3) is 0.400. The summed E-state index contributed by atoms with van der Waals surface area (Å²) in [5.74, 6) is -1.62. The molecule has 0 aromatic carbocycles. The summed E-state index contributed by atoms with van der Waals surface area (Å²) in [5.41, 5.74) is -0.309. The zero-order valence-corrected chi connectivity index (χ0v) is 11.5. The van der Waals surface area contributed by atoms with Crippen molar-refractivity contribution in [2.24, 2.45) is 0 Å². The summed E-state index contributed by atoms with van der Waals surface area (Å²) in [7, 11) is 2.33. The third kappa shape index (κ3) is 3.98. The van der Waals surface area contributed by atoms with Crippen molar-refractivity contribution in [3.63, 3.8) is 0 Å². The lowest BCUT2D eigenvalue weighted by molar-refractivity contribution is -0.276. The van der Waals surface area contributed by atoms with Crippen LogP contribution in [0.5, 0.6) is 11.6 Å². The molecule has 5 nitrogen and oxygen atoms in total. The Morgan fingerprint density at radius 2 is 2.05 bits per heavy atom. The molecule has 1 rings (SSSR count). The number of hydrogen-bond acceptors (Lipinski definition) is 5. The second-order valence-corrected chi connectivity index (χ2v) is 3.73. The third-order valence-electron chi connectivity index (χ3n) is 2.01. The second kappa shape index (κ2) is 6.09. The van der Waals surface area contributed by atoms with Crippen LogP contribution in [-0.2, 0) is 10.1 Å². The fourth-order valence-electron chi connectivity index (χ4n) is 1.23. The highest BCUT2D eigenvalue weighted by molar-refractivity contribution is 9.08. The van der Waals surface area contributed by atoms with Crippen LogP contribution in [-0.4, -0.2) is 31.5 Å². The number of carbonyl (C=O) groups is 1. The van der Waals surface area contributed by atoms with E-state index in [1.54, 1.807) is 0 Å². The first kappa shape index (κ1) is 15.5. The summed E-state index contributed by atoms with van der Waals surface area (Å²) < 4.78 is 49.9. The highest BCUT2D eigenvalue weighted by atomic mass is 79.9. The number of nitrogens with zero attached hydrogens (tertiary/aromatic N) is 1. The van der Waals surface area contributed by atoms with Gasteiger partial charge in [0.05, 0.1) is 19.8 Å². The minimum Gasteiger partial charge on any atom is -0.496 e. The van der Waals surface area contributed by atoms with E-state index in [-0.39, 0.29) is 22.3 Å². The standard InChI is InChI=1S/C10H9BrF3NO4/c1-17-7-3-6(9(16)18-2)15-8(5(7)4-11)19-10(12,13)14/h3H,4H2,1-2H3. The van der Waals surface area contributed by atoms with Crippen LogP contribution in [0, 0.1) is 0 Å². The van der Waals surface area contributed by atoms with E-state index in [1.165, 1.54) is 13.2 Å². The molecular formula is C10H9BrF3NO4. The van der Waals surface area contributed by atoms with E-state index in [9.17, 15) is 18.0 Å². The van der Waals surface area contributed by atoms with Crippen LogP contribution in [0.1, 0.15) is 16.1 Å². The van der Waals surface area contributed by atoms with Gasteiger partial charge in [0.2, 0.25) is 5.88 Å². The first-order valence-electron chi connectivity index (χ1n) is 4.80. The van der Waals surface area contributed by atoms with Crippen LogP contribution in [0.4, 0.5) is 13.2 Å². The Labute approximate surface area is 114 Å². The lowest BCUT2D eigenvalue weighted by Crippen LogP contribution is -2.20. The first-order chi connectivity index (χ1) is 8.82. The molecule has 0 saturated heterocycles. The normalized spacial score (nSPS) is 11.1. The van der Waals surface area contributed by atoms with E-state index in [4.69, 9.17) is 4.74 Å². The Kier molecular flexibility index (Phi) is 4.98. The van der Waals surface area contributed by atoms with Gasteiger partial charge in [-0.05, 0) is 0 Å². The lowest BCUT2D eigenvalue weighted by Gasteiger charge is -2.14. The molecule has 0 unspecified atom stereocenters. The van der Waals surface area contributed by atoms with Crippen molar-refractivity contribution < 1.29 is 32.2 Å². The first-order valence-corrected chi connectivity index (χ1v) is 5.92. The monoisotopic (exact) mass is 343 g/mol. The van der Waals surface area contributed by atoms with Crippen molar-refractivity contribution in [2.45, 2.75) is 11.7 Å². The van der Waals surface area contributed by atoms with Crippen molar-refractivity contribution in [3.8, 4) is 11.6 Å². The molecule has 19 heavy (non-hydrogen) atoms. The van der Waals surface area contributed by atoms with Crippen molar-refractivity contribution in [3.05, 3.63) is 17.3 Å². The maximum atomic E-state index is 12.3. The molecule has 106 valence electrons. The number of halogens is 4. The Morgan fingerprint density at radius 3 is 2.47 bits per heavy atom. The molecule has 0 aliphatic carbocycles. The fourth-order valence-corrected chi connectivity index (χ4v) is 1.75. The molecule has 1 heterocycles. The van der Waals surface area contributed by atoms with Crippen molar-refractivity contribution in [1.82, 2.24) is 4.98 Å². The third-order valence-corrected chi connectivity index (χ3v) is 2.57. The van der Waals surface area contributed by atoms with E-state index in [0.717, 1.165) is 7.11 Å². The summed E-state index contributed by atoms with van der Waals surface area (Å²) >= 11 is 3.00. The van der Waals surface area contributed by atoms with E-state index in [2.05, 4.69) is 30.4 Å². The molecular weight excluding hydrogens is 335 g/mol. The summed E-state index contributed by atoms with van der Waals surface area (Å²) in [5, 5.41) is 0.00996. The molecule has 0 radical (unpaired) electrons. The highest BCUT2D eigenvalue weighted by Gasteiger charge is 2.34. The lowest BCUT2D eigenvalue weighted by atomic mass is 10.2. The second-order valence-electron chi connectivity index (χ2n) is 3.17. The quantitative estimate of drug-likeness (QED) is 0.621. The number of rotatable bonds is 4. The van der Waals surface area contributed by atoms with Crippen LogP contribution in [0.2, 0.25) is 0 Å². The van der Waals surface area contributed by atoms with Gasteiger partial charge in [0.25, 0.3) is 0 Å². The predicted molar refractivity (Wildman–Crippen MR) is 61.4 cm³/mol. The molecule has 1 aromatic rings. The molecule has 0 aliphatic rings. The average Bonchev–Trinajstić information content (AvgIpc) is 2.34. The van der Waals surface area contributed by atoms with Crippen LogP contribution in [0.3, 0.4) is 0 Å². The molecule has 0 spiro atoms. The number of pyridine rings is 1. The summed E-state index contributed by atoms with van der Waals surface area (Å²) in [6.07, 6.45) is -4.93. The Hall–Kier alpha value is -1.51. The molecule has 0 fully saturated rings. The SMILES string of the molecule is COC(=O)c1cc(OC)c(CBr)c(OC(F)(F)F)n1. The topological polar surface area (TPSA) is 57.7 Å². The van der Waals surface area contributed by atoms with Gasteiger partial charge >= 0.3 is 12.3 Å². The molecule has 9 heteroatoms. The maximum absolute atomic E-state index is 12.3. The van der Waals surface area contributed by atoms with Gasteiger partial charge in [-0.2, -0.15) is 0 Å². The molecule has 1 aromatic heterocycles. The van der Waals surface area contributed by atoms with Gasteiger partial charge in [-0.1, -0.05) is 15.9 Å². The van der Waals surface area contributed by atoms with Crippen molar-refractivity contribution in [2.75, 3.05) is 14.2 Å². The minimum absolute atomic E-state index is 0.00996. The van der Waals surface area contributed by atoms with Crippen LogP contribution >= 0.6 is 15.9 Å². The largest absolute Gasteiger partial charge is 0.574 e. The van der Waals surface area contributed by atoms with Gasteiger partial charge in [0.15, 0.2) is 5.69 Å². The van der Waals surface area contributed by atoms with Gasteiger partial charge in [-0.15, -0.1) is 13.2 Å². The summed E-state index contributed by atoms with van der Waals surface area (Å²) in [4.78, 5) is 14.8.